The Morgan fingerprint density at radius 2 is 1.88 bits per heavy atom. The topological polar surface area (TPSA) is 65.0 Å². The number of carbonyl (C=O) groups is 2. The van der Waals surface area contributed by atoms with Crippen molar-refractivity contribution in [3.05, 3.63) is 35.9 Å². The average molecular weight is 255 g/mol. The van der Waals surface area contributed by atoms with Crippen LogP contribution < -0.4 is 18.1 Å². The number of likely N-dealkylation sites (tertiary alicyclic amines) is 1. The van der Waals surface area contributed by atoms with Crippen LogP contribution in [0.25, 0.3) is 0 Å². The molecular weight excluding hydrogens is 240 g/mol. The SMILES string of the molecule is [Cl-].[NH3+]CC1CC(=O)N(Cc2ccccc2)C1=O. The van der Waals surface area contributed by atoms with E-state index in [0.29, 0.717) is 19.5 Å². The molecule has 0 aromatic heterocycles. The first-order valence-corrected chi connectivity index (χ1v) is 5.39. The van der Waals surface area contributed by atoms with E-state index in [1.165, 1.54) is 4.90 Å². The summed E-state index contributed by atoms with van der Waals surface area (Å²) in [6.45, 7) is 0.880. The standard InChI is InChI=1S/C12H14N2O2.ClH/c13-7-10-6-11(15)14(12(10)16)8-9-4-2-1-3-5-9;/h1-5,10H,6-8,13H2;1H. The van der Waals surface area contributed by atoms with Gasteiger partial charge in [-0.3, -0.25) is 14.5 Å². The van der Waals surface area contributed by atoms with Crippen LogP contribution >= 0.6 is 0 Å². The molecule has 0 saturated carbocycles. The van der Waals surface area contributed by atoms with Crippen LogP contribution in [0, 0.1) is 5.92 Å². The van der Waals surface area contributed by atoms with Crippen molar-refractivity contribution < 1.29 is 27.7 Å². The van der Waals surface area contributed by atoms with Gasteiger partial charge < -0.3 is 18.1 Å². The van der Waals surface area contributed by atoms with Crippen LogP contribution in [0.15, 0.2) is 30.3 Å². The summed E-state index contributed by atoms with van der Waals surface area (Å²) in [5, 5.41) is 0. The number of benzene rings is 1. The Morgan fingerprint density at radius 1 is 1.24 bits per heavy atom. The van der Waals surface area contributed by atoms with Crippen LogP contribution in [0.1, 0.15) is 12.0 Å². The third-order valence-corrected chi connectivity index (χ3v) is 2.87. The molecule has 92 valence electrons. The van der Waals surface area contributed by atoms with Crippen molar-refractivity contribution in [1.82, 2.24) is 4.90 Å². The van der Waals surface area contributed by atoms with Gasteiger partial charge >= 0.3 is 0 Å². The summed E-state index contributed by atoms with van der Waals surface area (Å²) in [5.74, 6) is -0.373. The highest BCUT2D eigenvalue weighted by Gasteiger charge is 2.38. The molecule has 2 rings (SSSR count). The van der Waals surface area contributed by atoms with E-state index < -0.39 is 0 Å². The first-order chi connectivity index (χ1) is 7.72. The second kappa shape index (κ2) is 5.80. The van der Waals surface area contributed by atoms with Crippen LogP contribution in [0.4, 0.5) is 0 Å². The molecule has 1 aromatic carbocycles. The summed E-state index contributed by atoms with van der Waals surface area (Å²) in [7, 11) is 0. The van der Waals surface area contributed by atoms with Crippen molar-refractivity contribution in [3.8, 4) is 0 Å². The summed E-state index contributed by atoms with van der Waals surface area (Å²) >= 11 is 0. The third kappa shape index (κ3) is 2.84. The zero-order valence-corrected chi connectivity index (χ0v) is 10.2. The third-order valence-electron chi connectivity index (χ3n) is 2.87. The molecule has 4 nitrogen and oxygen atoms in total. The molecule has 1 aliphatic heterocycles. The minimum absolute atomic E-state index is 0. The molecule has 0 spiro atoms. The molecule has 1 saturated heterocycles. The molecule has 1 fully saturated rings. The first kappa shape index (κ1) is 13.7. The fraction of sp³-hybridized carbons (Fsp3) is 0.333. The molecular formula is C12H15ClN2O2. The summed E-state index contributed by atoms with van der Waals surface area (Å²) in [4.78, 5) is 24.8. The monoisotopic (exact) mass is 254 g/mol. The summed E-state index contributed by atoms with van der Waals surface area (Å²) in [5.41, 5.74) is 4.67. The van der Waals surface area contributed by atoms with Gasteiger partial charge in [0.05, 0.1) is 19.0 Å². The van der Waals surface area contributed by atoms with Gasteiger partial charge in [-0.25, -0.2) is 0 Å². The molecule has 0 aliphatic carbocycles. The number of hydrogen-bond donors (Lipinski definition) is 1. The molecule has 17 heavy (non-hydrogen) atoms. The predicted octanol–water partition coefficient (Wildman–Crippen LogP) is -3.19. The number of amides is 2. The molecule has 1 heterocycles. The number of carbonyl (C=O) groups excluding carboxylic acids is 2. The van der Waals surface area contributed by atoms with Crippen LogP contribution in [-0.2, 0) is 16.1 Å². The molecule has 1 aromatic rings. The van der Waals surface area contributed by atoms with E-state index in [1.807, 2.05) is 30.3 Å². The Hall–Kier alpha value is -1.39. The largest absolute Gasteiger partial charge is 1.00 e. The van der Waals surface area contributed by atoms with E-state index in [4.69, 9.17) is 0 Å². The van der Waals surface area contributed by atoms with Crippen LogP contribution in [-0.4, -0.2) is 23.3 Å². The number of nitrogens with zero attached hydrogens (tertiary/aromatic N) is 1. The van der Waals surface area contributed by atoms with Crippen LogP contribution in [0.5, 0.6) is 0 Å². The number of hydrogen-bond acceptors (Lipinski definition) is 2. The Morgan fingerprint density at radius 3 is 2.41 bits per heavy atom. The molecule has 1 aliphatic rings. The van der Waals surface area contributed by atoms with E-state index in [2.05, 4.69) is 5.73 Å². The molecule has 2 amide bonds. The lowest BCUT2D eigenvalue weighted by atomic mass is 10.1. The van der Waals surface area contributed by atoms with Crippen molar-refractivity contribution >= 4 is 11.8 Å². The molecule has 0 radical (unpaired) electrons. The smallest absolute Gasteiger partial charge is 0.238 e. The molecule has 1 unspecified atom stereocenters. The number of quaternary nitrogens is 1. The Labute approximate surface area is 106 Å². The molecule has 0 bridgehead atoms. The van der Waals surface area contributed by atoms with E-state index in [0.717, 1.165) is 5.56 Å². The van der Waals surface area contributed by atoms with E-state index in [-0.39, 0.29) is 30.1 Å². The molecule has 5 heteroatoms. The highest BCUT2D eigenvalue weighted by Crippen LogP contribution is 2.20. The maximum absolute atomic E-state index is 11.8. The van der Waals surface area contributed by atoms with Gasteiger partial charge in [0, 0.05) is 6.42 Å². The zero-order valence-electron chi connectivity index (χ0n) is 9.43. The second-order valence-electron chi connectivity index (χ2n) is 3.99. The van der Waals surface area contributed by atoms with Crippen molar-refractivity contribution in [2.24, 2.45) is 5.92 Å². The van der Waals surface area contributed by atoms with Gasteiger partial charge in [-0.1, -0.05) is 30.3 Å². The number of imide groups is 1. The first-order valence-electron chi connectivity index (χ1n) is 5.39. The fourth-order valence-corrected chi connectivity index (χ4v) is 1.91. The minimum atomic E-state index is -0.212. The van der Waals surface area contributed by atoms with Gasteiger partial charge in [0.1, 0.15) is 0 Å². The zero-order chi connectivity index (χ0) is 11.5. The maximum atomic E-state index is 11.8. The van der Waals surface area contributed by atoms with Crippen molar-refractivity contribution in [3.63, 3.8) is 0 Å². The lowest BCUT2D eigenvalue weighted by molar-refractivity contribution is -0.375. The van der Waals surface area contributed by atoms with Gasteiger partial charge in [-0.05, 0) is 5.56 Å². The maximum Gasteiger partial charge on any atom is 0.238 e. The summed E-state index contributed by atoms with van der Waals surface area (Å²) in [6.07, 6.45) is 0.315. The van der Waals surface area contributed by atoms with Gasteiger partial charge in [-0.15, -0.1) is 0 Å². The Bertz CT molecular complexity index is 408. The Kier molecular flexibility index (Phi) is 4.66. The fourth-order valence-electron chi connectivity index (χ4n) is 1.91. The number of halogens is 1. The highest BCUT2D eigenvalue weighted by atomic mass is 35.5. The van der Waals surface area contributed by atoms with Crippen molar-refractivity contribution in [2.75, 3.05) is 6.54 Å². The quantitative estimate of drug-likeness (QED) is 0.578. The minimum Gasteiger partial charge on any atom is -1.00 e. The number of rotatable bonds is 3. The van der Waals surface area contributed by atoms with Crippen molar-refractivity contribution in [1.29, 1.82) is 0 Å². The van der Waals surface area contributed by atoms with E-state index in [1.54, 1.807) is 0 Å². The van der Waals surface area contributed by atoms with Gasteiger partial charge in [0.15, 0.2) is 0 Å². The lowest BCUT2D eigenvalue weighted by Crippen LogP contribution is -3.00. The van der Waals surface area contributed by atoms with E-state index in [9.17, 15) is 9.59 Å². The van der Waals surface area contributed by atoms with Gasteiger partial charge in [0.25, 0.3) is 0 Å². The Balaban J connectivity index is 0.00000144. The van der Waals surface area contributed by atoms with Crippen LogP contribution in [0.2, 0.25) is 0 Å². The predicted molar refractivity (Wildman–Crippen MR) is 57.9 cm³/mol. The van der Waals surface area contributed by atoms with Crippen LogP contribution in [0.3, 0.4) is 0 Å². The second-order valence-corrected chi connectivity index (χ2v) is 3.99. The normalized spacial score (nSPS) is 19.4. The molecule has 3 N–H and O–H groups in total. The van der Waals surface area contributed by atoms with E-state index >= 15 is 0 Å². The van der Waals surface area contributed by atoms with Gasteiger partial charge in [-0.2, -0.15) is 0 Å². The average Bonchev–Trinajstić information content (AvgIpc) is 2.58. The summed E-state index contributed by atoms with van der Waals surface area (Å²) in [6, 6.07) is 9.55. The lowest BCUT2D eigenvalue weighted by Gasteiger charge is -2.14. The highest BCUT2D eigenvalue weighted by molar-refractivity contribution is 6.03. The van der Waals surface area contributed by atoms with Crippen molar-refractivity contribution in [2.45, 2.75) is 13.0 Å². The molecule has 1 atom stereocenters. The summed E-state index contributed by atoms with van der Waals surface area (Å²) < 4.78 is 0. The van der Waals surface area contributed by atoms with Gasteiger partial charge in [0.2, 0.25) is 11.8 Å².